The Morgan fingerprint density at radius 3 is 2.81 bits per heavy atom. The molecule has 1 aliphatic heterocycles. The first kappa shape index (κ1) is 12.7. The molecule has 0 spiro atoms. The lowest BCUT2D eigenvalue weighted by Gasteiger charge is -2.22. The SMILES string of the molecule is Cc1c(Cl)nc(=O)n2c1-c1c(c3ccccc3n1C)CC2. The van der Waals surface area contributed by atoms with Gasteiger partial charge in [0.15, 0.2) is 0 Å². The van der Waals surface area contributed by atoms with Gasteiger partial charge in [-0.05, 0) is 25.0 Å². The van der Waals surface area contributed by atoms with E-state index in [9.17, 15) is 4.79 Å². The molecule has 0 saturated carbocycles. The minimum atomic E-state index is -0.267. The van der Waals surface area contributed by atoms with Crippen LogP contribution in [0.5, 0.6) is 0 Å². The van der Waals surface area contributed by atoms with Crippen LogP contribution in [0.1, 0.15) is 11.1 Å². The second-order valence-electron chi connectivity index (χ2n) is 5.46. The van der Waals surface area contributed by atoms with E-state index >= 15 is 0 Å². The topological polar surface area (TPSA) is 39.8 Å². The summed E-state index contributed by atoms with van der Waals surface area (Å²) in [4.78, 5) is 16.0. The highest BCUT2D eigenvalue weighted by Gasteiger charge is 2.26. The van der Waals surface area contributed by atoms with Gasteiger partial charge < -0.3 is 4.57 Å². The molecule has 0 atom stereocenters. The van der Waals surface area contributed by atoms with Gasteiger partial charge in [-0.15, -0.1) is 0 Å². The average Bonchev–Trinajstić information content (AvgIpc) is 2.78. The van der Waals surface area contributed by atoms with Crippen LogP contribution in [0.4, 0.5) is 0 Å². The molecule has 0 unspecified atom stereocenters. The number of hydrogen-bond donors (Lipinski definition) is 0. The highest BCUT2D eigenvalue weighted by molar-refractivity contribution is 6.30. The first-order valence-corrected chi connectivity index (χ1v) is 7.31. The Bertz CT molecular complexity index is 952. The number of benzene rings is 1. The lowest BCUT2D eigenvalue weighted by molar-refractivity contribution is 0.632. The highest BCUT2D eigenvalue weighted by atomic mass is 35.5. The van der Waals surface area contributed by atoms with Crippen LogP contribution in [0.25, 0.3) is 22.3 Å². The number of nitrogens with zero attached hydrogens (tertiary/aromatic N) is 3. The van der Waals surface area contributed by atoms with Crippen LogP contribution in [-0.4, -0.2) is 14.1 Å². The Labute approximate surface area is 126 Å². The van der Waals surface area contributed by atoms with Crippen molar-refractivity contribution in [3.8, 4) is 11.4 Å². The Morgan fingerprint density at radius 1 is 1.24 bits per heavy atom. The summed E-state index contributed by atoms with van der Waals surface area (Å²) < 4.78 is 3.89. The van der Waals surface area contributed by atoms with Crippen LogP contribution in [0.2, 0.25) is 5.15 Å². The molecule has 5 heteroatoms. The molecule has 3 heterocycles. The van der Waals surface area contributed by atoms with Gasteiger partial charge >= 0.3 is 5.69 Å². The summed E-state index contributed by atoms with van der Waals surface area (Å²) in [7, 11) is 2.04. The zero-order valence-corrected chi connectivity index (χ0v) is 12.6. The molecule has 2 aromatic heterocycles. The molecule has 1 aromatic carbocycles. The molecule has 3 aromatic rings. The second kappa shape index (κ2) is 4.21. The van der Waals surface area contributed by atoms with Crippen LogP contribution in [0.15, 0.2) is 29.1 Å². The maximum Gasteiger partial charge on any atom is 0.349 e. The molecule has 0 aliphatic carbocycles. The van der Waals surface area contributed by atoms with E-state index in [1.807, 2.05) is 20.0 Å². The van der Waals surface area contributed by atoms with Crippen molar-refractivity contribution in [1.29, 1.82) is 0 Å². The first-order valence-electron chi connectivity index (χ1n) is 6.93. The molecule has 21 heavy (non-hydrogen) atoms. The summed E-state index contributed by atoms with van der Waals surface area (Å²) in [5.74, 6) is 0. The molecule has 1 aliphatic rings. The number of fused-ring (bicyclic) bond motifs is 5. The quantitative estimate of drug-likeness (QED) is 0.599. The number of hydrogen-bond acceptors (Lipinski definition) is 2. The molecule has 4 nitrogen and oxygen atoms in total. The third-order valence-corrected chi connectivity index (χ3v) is 4.75. The van der Waals surface area contributed by atoms with Crippen molar-refractivity contribution in [2.75, 3.05) is 0 Å². The summed E-state index contributed by atoms with van der Waals surface area (Å²) in [6.45, 7) is 2.58. The van der Waals surface area contributed by atoms with E-state index in [0.717, 1.165) is 23.4 Å². The fourth-order valence-electron chi connectivity index (χ4n) is 3.39. The van der Waals surface area contributed by atoms with Crippen molar-refractivity contribution in [3.05, 3.63) is 51.0 Å². The van der Waals surface area contributed by atoms with Crippen LogP contribution >= 0.6 is 11.6 Å². The summed E-state index contributed by atoms with van der Waals surface area (Å²) in [5.41, 5.74) is 5.05. The summed E-state index contributed by atoms with van der Waals surface area (Å²) in [5, 5.41) is 1.55. The molecule has 0 saturated heterocycles. The molecule has 0 bridgehead atoms. The Balaban J connectivity index is 2.21. The second-order valence-corrected chi connectivity index (χ2v) is 5.82. The van der Waals surface area contributed by atoms with Gasteiger partial charge in [0, 0.05) is 30.1 Å². The number of aromatic nitrogens is 3. The predicted molar refractivity (Wildman–Crippen MR) is 83.9 cm³/mol. The maximum absolute atomic E-state index is 12.1. The third kappa shape index (κ3) is 1.56. The highest BCUT2D eigenvalue weighted by Crippen LogP contribution is 2.38. The van der Waals surface area contributed by atoms with E-state index in [2.05, 4.69) is 27.8 Å². The van der Waals surface area contributed by atoms with Crippen LogP contribution in [0, 0.1) is 6.92 Å². The van der Waals surface area contributed by atoms with Gasteiger partial charge in [-0.1, -0.05) is 29.8 Å². The summed E-state index contributed by atoms with van der Waals surface area (Å²) >= 11 is 6.13. The summed E-state index contributed by atoms with van der Waals surface area (Å²) in [6.07, 6.45) is 0.840. The minimum Gasteiger partial charge on any atom is -0.342 e. The van der Waals surface area contributed by atoms with Gasteiger partial charge in [-0.25, -0.2) is 4.79 Å². The number of rotatable bonds is 0. The number of para-hydroxylation sites is 1. The van der Waals surface area contributed by atoms with E-state index in [-0.39, 0.29) is 5.69 Å². The van der Waals surface area contributed by atoms with Crippen LogP contribution < -0.4 is 5.69 Å². The van der Waals surface area contributed by atoms with E-state index in [1.165, 1.54) is 16.5 Å². The van der Waals surface area contributed by atoms with Gasteiger partial charge in [0.1, 0.15) is 5.15 Å². The van der Waals surface area contributed by atoms with Crippen molar-refractivity contribution in [3.63, 3.8) is 0 Å². The smallest absolute Gasteiger partial charge is 0.342 e. The fraction of sp³-hybridized carbons (Fsp3) is 0.250. The Morgan fingerprint density at radius 2 is 2.00 bits per heavy atom. The first-order chi connectivity index (χ1) is 10.1. The van der Waals surface area contributed by atoms with Gasteiger partial charge in [-0.2, -0.15) is 4.98 Å². The third-order valence-electron chi connectivity index (χ3n) is 4.38. The zero-order chi connectivity index (χ0) is 14.7. The lowest BCUT2D eigenvalue weighted by Crippen LogP contribution is -2.29. The molecular weight excluding hydrogens is 286 g/mol. The van der Waals surface area contributed by atoms with Gasteiger partial charge in [0.2, 0.25) is 0 Å². The maximum atomic E-state index is 12.1. The van der Waals surface area contributed by atoms with Crippen LogP contribution in [-0.2, 0) is 20.0 Å². The van der Waals surface area contributed by atoms with E-state index in [4.69, 9.17) is 11.6 Å². The van der Waals surface area contributed by atoms with Gasteiger partial charge in [0.05, 0.1) is 11.4 Å². The van der Waals surface area contributed by atoms with Crippen molar-refractivity contribution in [2.45, 2.75) is 19.9 Å². The molecule has 0 amide bonds. The molecule has 0 N–H and O–H groups in total. The molecule has 106 valence electrons. The fourth-order valence-corrected chi connectivity index (χ4v) is 3.55. The number of halogens is 1. The molecule has 4 rings (SSSR count). The Hall–Kier alpha value is -2.07. The molecule has 0 radical (unpaired) electrons. The van der Waals surface area contributed by atoms with Crippen molar-refractivity contribution in [2.24, 2.45) is 7.05 Å². The van der Waals surface area contributed by atoms with E-state index in [0.29, 0.717) is 11.7 Å². The van der Waals surface area contributed by atoms with Crippen molar-refractivity contribution in [1.82, 2.24) is 14.1 Å². The lowest BCUT2D eigenvalue weighted by atomic mass is 10.00. The van der Waals surface area contributed by atoms with Crippen LogP contribution in [0.3, 0.4) is 0 Å². The standard InChI is InChI=1S/C16H14ClN3O/c1-9-13-14-11(7-8-20(13)16(21)18-15(9)17)10-5-3-4-6-12(10)19(14)2/h3-6H,7-8H2,1-2H3. The monoisotopic (exact) mass is 299 g/mol. The predicted octanol–water partition coefficient (Wildman–Crippen LogP) is 2.92. The zero-order valence-electron chi connectivity index (χ0n) is 11.9. The largest absolute Gasteiger partial charge is 0.349 e. The Kier molecular flexibility index (Phi) is 2.54. The average molecular weight is 300 g/mol. The van der Waals surface area contributed by atoms with Crippen molar-refractivity contribution < 1.29 is 0 Å². The number of aryl methyl sites for hydroxylation is 2. The van der Waals surface area contributed by atoms with Gasteiger partial charge in [0.25, 0.3) is 0 Å². The minimum absolute atomic E-state index is 0.267. The van der Waals surface area contributed by atoms with E-state index < -0.39 is 0 Å². The molecular formula is C16H14ClN3O. The normalized spacial score (nSPS) is 13.3. The summed E-state index contributed by atoms with van der Waals surface area (Å²) in [6, 6.07) is 8.33. The molecule has 0 fully saturated rings. The van der Waals surface area contributed by atoms with E-state index in [1.54, 1.807) is 4.57 Å². The van der Waals surface area contributed by atoms with Gasteiger partial charge in [-0.3, -0.25) is 4.57 Å². The van der Waals surface area contributed by atoms with Crippen molar-refractivity contribution >= 4 is 22.5 Å².